The third kappa shape index (κ3) is 5.01. The lowest BCUT2D eigenvalue weighted by Crippen LogP contribution is -2.47. The van der Waals surface area contributed by atoms with E-state index in [4.69, 9.17) is 24.0 Å². The lowest BCUT2D eigenvalue weighted by molar-refractivity contribution is -0.118. The lowest BCUT2D eigenvalue weighted by Gasteiger charge is -2.34. The molecule has 2 aliphatic heterocycles. The van der Waals surface area contributed by atoms with Gasteiger partial charge < -0.3 is 34.2 Å². The second-order valence-corrected chi connectivity index (χ2v) is 7.41. The normalized spacial score (nSPS) is 30.6. The summed E-state index contributed by atoms with van der Waals surface area (Å²) < 4.78 is 28.4. The summed E-state index contributed by atoms with van der Waals surface area (Å²) in [7, 11) is -2.85. The minimum absolute atomic E-state index is 0.157. The third-order valence-electron chi connectivity index (χ3n) is 3.64. The van der Waals surface area contributed by atoms with Crippen molar-refractivity contribution in [1.29, 1.82) is 0 Å². The highest BCUT2D eigenvalue weighted by molar-refractivity contribution is 7.55. The summed E-state index contributed by atoms with van der Waals surface area (Å²) >= 11 is 0. The van der Waals surface area contributed by atoms with Gasteiger partial charge in [0.1, 0.15) is 24.1 Å². The van der Waals surface area contributed by atoms with E-state index in [2.05, 4.69) is 11.9 Å². The first-order valence-electron chi connectivity index (χ1n) is 7.67. The van der Waals surface area contributed by atoms with Gasteiger partial charge in [-0.25, -0.2) is 0 Å². The highest BCUT2D eigenvalue weighted by atomic mass is 31.2. The number of hydrogen-bond acceptors (Lipinski definition) is 6. The van der Waals surface area contributed by atoms with Gasteiger partial charge in [-0.1, -0.05) is 6.58 Å². The zero-order valence-electron chi connectivity index (χ0n) is 14.2. The minimum atomic E-state index is -4.34. The van der Waals surface area contributed by atoms with Gasteiger partial charge in [0.05, 0.1) is 6.10 Å². The molecule has 4 atom stereocenters. The molecule has 0 aromatic rings. The van der Waals surface area contributed by atoms with Crippen LogP contribution in [0.2, 0.25) is 0 Å². The average Bonchev–Trinajstić information content (AvgIpc) is 2.81. The van der Waals surface area contributed by atoms with E-state index in [-0.39, 0.29) is 12.0 Å². The van der Waals surface area contributed by atoms with E-state index in [0.29, 0.717) is 5.82 Å². The molecule has 2 aliphatic rings. The van der Waals surface area contributed by atoms with Crippen LogP contribution in [0.25, 0.3) is 0 Å². The molecule has 2 heterocycles. The Hall–Kier alpha value is -1.48. The van der Waals surface area contributed by atoms with Crippen LogP contribution in [-0.2, 0) is 23.6 Å². The van der Waals surface area contributed by atoms with E-state index in [1.54, 1.807) is 4.90 Å². The molecule has 2 rings (SSSR count). The molecular formula is C15H23N2O7P. The van der Waals surface area contributed by atoms with Crippen LogP contribution < -0.4 is 5.32 Å². The molecule has 0 saturated carbocycles. The number of methoxy groups -OCH3 is 1. The van der Waals surface area contributed by atoms with Crippen molar-refractivity contribution in [3.8, 4) is 0 Å². The summed E-state index contributed by atoms with van der Waals surface area (Å²) in [6.07, 6.45) is 1.33. The molecule has 1 saturated heterocycles. The van der Waals surface area contributed by atoms with E-state index >= 15 is 0 Å². The number of amides is 1. The fourth-order valence-corrected chi connectivity index (χ4v) is 3.08. The Morgan fingerprint density at radius 1 is 1.44 bits per heavy atom. The average molecular weight is 374 g/mol. The van der Waals surface area contributed by atoms with Gasteiger partial charge in [-0.15, -0.1) is 0 Å². The number of ether oxygens (including phenoxy) is 3. The largest absolute Gasteiger partial charge is 0.374 e. The number of rotatable bonds is 6. The van der Waals surface area contributed by atoms with Crippen LogP contribution in [-0.4, -0.2) is 58.3 Å². The lowest BCUT2D eigenvalue weighted by atomic mass is 10.1. The molecule has 3 N–H and O–H groups in total. The maximum Gasteiger partial charge on any atom is 0.348 e. The third-order valence-corrected chi connectivity index (χ3v) is 4.20. The second-order valence-electron chi connectivity index (χ2n) is 5.93. The Morgan fingerprint density at radius 2 is 2.12 bits per heavy atom. The SMILES string of the molecule is C=C1NC(=O)C=CN1[C@@H]1O[C@H](/C=C/P(=O)(O)O)[C@@H](OC(C)C)[C@H]1OC. The topological polar surface area (TPSA) is 118 Å². The summed E-state index contributed by atoms with van der Waals surface area (Å²) in [5.41, 5.74) is 0. The van der Waals surface area contributed by atoms with Crippen molar-refractivity contribution < 1.29 is 33.4 Å². The predicted molar refractivity (Wildman–Crippen MR) is 88.9 cm³/mol. The predicted octanol–water partition coefficient (Wildman–Crippen LogP) is 0.628. The number of nitrogens with zero attached hydrogens (tertiary/aromatic N) is 1. The van der Waals surface area contributed by atoms with Crippen LogP contribution in [0.3, 0.4) is 0 Å². The van der Waals surface area contributed by atoms with Crippen LogP contribution in [0.15, 0.2) is 36.6 Å². The number of hydrogen-bond donors (Lipinski definition) is 3. The van der Waals surface area contributed by atoms with Crippen molar-refractivity contribution >= 4 is 13.5 Å². The van der Waals surface area contributed by atoms with Crippen molar-refractivity contribution in [2.75, 3.05) is 7.11 Å². The first kappa shape index (κ1) is 19.8. The molecule has 0 radical (unpaired) electrons. The molecule has 0 aromatic heterocycles. The Morgan fingerprint density at radius 3 is 2.64 bits per heavy atom. The molecule has 0 bridgehead atoms. The van der Waals surface area contributed by atoms with Gasteiger partial charge in [-0.2, -0.15) is 0 Å². The van der Waals surface area contributed by atoms with Crippen LogP contribution >= 0.6 is 7.60 Å². The first-order chi connectivity index (χ1) is 11.6. The standard InChI is InChI=1S/C15H23N2O7P/c1-9(2)23-13-11(6-8-25(19,20)21)24-15(14(13)22-4)17-7-5-12(18)16-10(17)3/h5-9,11,13-15H,3H2,1-2,4H3,(H,16,18)(H2,19,20,21)/b8-6+/t11-,13-,14-,15-/m1/s1. The Bertz CT molecular complexity index is 627. The summed E-state index contributed by atoms with van der Waals surface area (Å²) in [4.78, 5) is 31.1. The zero-order chi connectivity index (χ0) is 18.8. The van der Waals surface area contributed by atoms with Crippen LogP contribution in [0.1, 0.15) is 13.8 Å². The van der Waals surface area contributed by atoms with Crippen LogP contribution in [0.4, 0.5) is 0 Å². The Balaban J connectivity index is 2.30. The molecule has 0 aliphatic carbocycles. The van der Waals surface area contributed by atoms with Gasteiger partial charge in [0.25, 0.3) is 5.91 Å². The molecular weight excluding hydrogens is 351 g/mol. The molecule has 10 heteroatoms. The monoisotopic (exact) mass is 374 g/mol. The molecule has 1 amide bonds. The fourth-order valence-electron chi connectivity index (χ4n) is 2.69. The van der Waals surface area contributed by atoms with Crippen molar-refractivity contribution in [1.82, 2.24) is 10.2 Å². The van der Waals surface area contributed by atoms with E-state index < -0.39 is 32.1 Å². The van der Waals surface area contributed by atoms with Gasteiger partial charge in [-0.05, 0) is 19.9 Å². The van der Waals surface area contributed by atoms with E-state index in [1.807, 2.05) is 13.8 Å². The summed E-state index contributed by atoms with van der Waals surface area (Å²) in [5, 5.41) is 2.56. The molecule has 9 nitrogen and oxygen atoms in total. The fraction of sp³-hybridized carbons (Fsp3) is 0.533. The summed E-state index contributed by atoms with van der Waals surface area (Å²) in [5.74, 6) is 0.787. The Kier molecular flexibility index (Phi) is 6.21. The molecule has 1 fully saturated rings. The van der Waals surface area contributed by atoms with Crippen molar-refractivity contribution in [3.05, 3.63) is 36.6 Å². The summed E-state index contributed by atoms with van der Waals surface area (Å²) in [6.45, 7) is 7.45. The second kappa shape index (κ2) is 7.82. The Labute approximate surface area is 146 Å². The molecule has 140 valence electrons. The van der Waals surface area contributed by atoms with Gasteiger partial charge >= 0.3 is 7.60 Å². The van der Waals surface area contributed by atoms with Gasteiger partial charge in [0.15, 0.2) is 6.23 Å². The highest BCUT2D eigenvalue weighted by Gasteiger charge is 2.48. The smallest absolute Gasteiger partial charge is 0.348 e. The van der Waals surface area contributed by atoms with E-state index in [0.717, 1.165) is 5.82 Å². The van der Waals surface area contributed by atoms with E-state index in [1.165, 1.54) is 25.5 Å². The molecule has 25 heavy (non-hydrogen) atoms. The maximum absolute atomic E-state index is 11.4. The minimum Gasteiger partial charge on any atom is -0.374 e. The number of carbonyl (C=O) groups is 1. The molecule has 0 spiro atoms. The molecule has 0 unspecified atom stereocenters. The zero-order valence-corrected chi connectivity index (χ0v) is 15.1. The van der Waals surface area contributed by atoms with Crippen molar-refractivity contribution in [2.45, 2.75) is 44.5 Å². The molecule has 0 aromatic carbocycles. The highest BCUT2D eigenvalue weighted by Crippen LogP contribution is 2.38. The van der Waals surface area contributed by atoms with E-state index in [9.17, 15) is 9.36 Å². The van der Waals surface area contributed by atoms with Crippen LogP contribution in [0, 0.1) is 0 Å². The number of carbonyl (C=O) groups excluding carboxylic acids is 1. The maximum atomic E-state index is 11.4. The first-order valence-corrected chi connectivity index (χ1v) is 9.35. The van der Waals surface area contributed by atoms with Gasteiger partial charge in [0.2, 0.25) is 0 Å². The van der Waals surface area contributed by atoms with Crippen molar-refractivity contribution in [2.24, 2.45) is 0 Å². The van der Waals surface area contributed by atoms with Crippen LogP contribution in [0.5, 0.6) is 0 Å². The van der Waals surface area contributed by atoms with Gasteiger partial charge in [-0.3, -0.25) is 9.36 Å². The quantitative estimate of drug-likeness (QED) is 0.580. The summed E-state index contributed by atoms with van der Waals surface area (Å²) in [6, 6.07) is 0. The van der Waals surface area contributed by atoms with Gasteiger partial charge in [0, 0.05) is 25.2 Å². The van der Waals surface area contributed by atoms with Crippen molar-refractivity contribution in [3.63, 3.8) is 0 Å². The number of nitrogens with one attached hydrogen (secondary N) is 1.